The summed E-state index contributed by atoms with van der Waals surface area (Å²) in [5, 5.41) is 4.36. The third kappa shape index (κ3) is 2.46. The second-order valence-corrected chi connectivity index (χ2v) is 7.37. The molecule has 0 saturated carbocycles. The van der Waals surface area contributed by atoms with E-state index in [1.54, 1.807) is 6.07 Å². The van der Waals surface area contributed by atoms with Crippen LogP contribution < -0.4 is 0 Å². The van der Waals surface area contributed by atoms with Crippen LogP contribution in [0.2, 0.25) is 0 Å². The molecular weight excluding hydrogens is 344 g/mol. The monoisotopic (exact) mass is 362 g/mol. The van der Waals surface area contributed by atoms with Gasteiger partial charge >= 0.3 is 0 Å². The molecule has 0 unspecified atom stereocenters. The molecule has 134 valence electrons. The summed E-state index contributed by atoms with van der Waals surface area (Å²) in [5.41, 5.74) is 5.34. The van der Waals surface area contributed by atoms with Crippen molar-refractivity contribution in [3.63, 3.8) is 0 Å². The van der Waals surface area contributed by atoms with E-state index < -0.39 is 0 Å². The molecule has 3 heteroatoms. The second kappa shape index (κ2) is 6.21. The van der Waals surface area contributed by atoms with E-state index in [-0.39, 0.29) is 0 Å². The van der Waals surface area contributed by atoms with E-state index in [9.17, 15) is 0 Å². The lowest BCUT2D eigenvalue weighted by Gasteiger charge is -2.10. The molecule has 0 fully saturated rings. The topological polar surface area (TPSA) is 30.4 Å². The molecule has 5 rings (SSSR count). The van der Waals surface area contributed by atoms with Crippen LogP contribution in [0.25, 0.3) is 48.8 Å². The molecule has 2 aromatic heterocycles. The Morgan fingerprint density at radius 3 is 2.61 bits per heavy atom. The lowest BCUT2D eigenvalue weighted by molar-refractivity contribution is 0.670. The predicted octanol–water partition coefficient (Wildman–Crippen LogP) is 7.48. The van der Waals surface area contributed by atoms with Crippen LogP contribution in [0.4, 0.5) is 5.69 Å². The van der Waals surface area contributed by atoms with Crippen LogP contribution in [0, 0.1) is 6.57 Å². The fraction of sp³-hybridized carbons (Fsp3) is 0.120. The maximum Gasteiger partial charge on any atom is 0.190 e. The second-order valence-electron chi connectivity index (χ2n) is 7.37. The number of nitrogens with zero attached hydrogens (tertiary/aromatic N) is 2. The van der Waals surface area contributed by atoms with Gasteiger partial charge in [0.2, 0.25) is 0 Å². The first-order valence-electron chi connectivity index (χ1n) is 9.37. The Balaban J connectivity index is 1.81. The number of rotatable bonds is 2. The van der Waals surface area contributed by atoms with E-state index in [1.807, 2.05) is 24.4 Å². The molecule has 0 aliphatic carbocycles. The molecule has 0 bridgehead atoms. The number of para-hydroxylation sites is 1. The molecule has 0 radical (unpaired) electrons. The molecule has 0 saturated heterocycles. The normalized spacial score (nSPS) is 11.5. The minimum atomic E-state index is 0.483. The zero-order valence-corrected chi connectivity index (χ0v) is 15.7. The molecule has 0 atom stereocenters. The van der Waals surface area contributed by atoms with Gasteiger partial charge in [-0.25, -0.2) is 4.85 Å². The molecular formula is C25H18N2O. The van der Waals surface area contributed by atoms with E-state index in [2.05, 4.69) is 55.1 Å². The number of benzene rings is 3. The molecule has 28 heavy (non-hydrogen) atoms. The first-order valence-corrected chi connectivity index (χ1v) is 9.37. The highest BCUT2D eigenvalue weighted by Gasteiger charge is 2.15. The molecule has 5 aromatic rings. The summed E-state index contributed by atoms with van der Waals surface area (Å²) in [6.07, 6.45) is 1.86. The number of furan rings is 1. The Labute approximate surface area is 163 Å². The van der Waals surface area contributed by atoms with Crippen LogP contribution in [0.3, 0.4) is 0 Å². The first-order chi connectivity index (χ1) is 13.7. The molecule has 0 aliphatic rings. The predicted molar refractivity (Wildman–Crippen MR) is 115 cm³/mol. The Bertz CT molecular complexity index is 1400. The van der Waals surface area contributed by atoms with Gasteiger partial charge in [0.15, 0.2) is 5.69 Å². The van der Waals surface area contributed by atoms with Crippen LogP contribution in [0.15, 0.2) is 71.3 Å². The summed E-state index contributed by atoms with van der Waals surface area (Å²) in [6, 6.07) is 20.4. The SMILES string of the molecule is [C-]#[N+]c1ccc2c(c1)oc1c(-c3nccc4cc(C(C)C)ccc34)cccc12. The summed E-state index contributed by atoms with van der Waals surface area (Å²) in [7, 11) is 0. The fourth-order valence-corrected chi connectivity index (χ4v) is 3.81. The van der Waals surface area contributed by atoms with Crippen LogP contribution in [0.1, 0.15) is 25.3 Å². The molecule has 0 amide bonds. The quantitative estimate of drug-likeness (QED) is 0.305. The van der Waals surface area contributed by atoms with Gasteiger partial charge in [-0.2, -0.15) is 0 Å². The summed E-state index contributed by atoms with van der Waals surface area (Å²) in [6.45, 7) is 11.6. The fourth-order valence-electron chi connectivity index (χ4n) is 3.81. The van der Waals surface area contributed by atoms with Crippen LogP contribution in [0.5, 0.6) is 0 Å². The van der Waals surface area contributed by atoms with Gasteiger partial charge in [0.25, 0.3) is 0 Å². The Morgan fingerprint density at radius 2 is 1.79 bits per heavy atom. The summed E-state index contributed by atoms with van der Waals surface area (Å²) in [5.74, 6) is 0.483. The highest BCUT2D eigenvalue weighted by atomic mass is 16.3. The maximum absolute atomic E-state index is 7.24. The molecule has 0 aliphatic heterocycles. The third-order valence-electron chi connectivity index (χ3n) is 5.32. The summed E-state index contributed by atoms with van der Waals surface area (Å²) in [4.78, 5) is 8.21. The van der Waals surface area contributed by atoms with Crippen molar-refractivity contribution in [2.45, 2.75) is 19.8 Å². The van der Waals surface area contributed by atoms with Crippen LogP contribution in [-0.2, 0) is 0 Å². The van der Waals surface area contributed by atoms with Gasteiger partial charge in [-0.15, -0.1) is 0 Å². The summed E-state index contributed by atoms with van der Waals surface area (Å²) >= 11 is 0. The number of fused-ring (bicyclic) bond motifs is 4. The zero-order valence-electron chi connectivity index (χ0n) is 15.7. The highest BCUT2D eigenvalue weighted by molar-refractivity contribution is 6.12. The van der Waals surface area contributed by atoms with Gasteiger partial charge in [0, 0.05) is 27.9 Å². The van der Waals surface area contributed by atoms with Gasteiger partial charge in [-0.3, -0.25) is 4.98 Å². The Kier molecular flexibility index (Phi) is 3.67. The van der Waals surface area contributed by atoms with Crippen molar-refractivity contribution in [2.24, 2.45) is 0 Å². The van der Waals surface area contributed by atoms with Crippen molar-refractivity contribution < 1.29 is 4.42 Å². The average Bonchev–Trinajstić information content (AvgIpc) is 3.10. The van der Waals surface area contributed by atoms with Gasteiger partial charge in [0.1, 0.15) is 11.2 Å². The minimum absolute atomic E-state index is 0.483. The smallest absolute Gasteiger partial charge is 0.190 e. The zero-order chi connectivity index (χ0) is 19.3. The van der Waals surface area contributed by atoms with Crippen molar-refractivity contribution >= 4 is 38.4 Å². The third-order valence-corrected chi connectivity index (χ3v) is 5.32. The molecule has 3 nitrogen and oxygen atoms in total. The van der Waals surface area contributed by atoms with Crippen LogP contribution >= 0.6 is 0 Å². The Hall–Kier alpha value is -3.64. The lowest BCUT2D eigenvalue weighted by atomic mass is 9.97. The molecule has 3 aromatic carbocycles. The van der Waals surface area contributed by atoms with Crippen molar-refractivity contribution in [3.05, 3.63) is 83.8 Å². The van der Waals surface area contributed by atoms with E-state index >= 15 is 0 Å². The van der Waals surface area contributed by atoms with Crippen molar-refractivity contribution in [3.8, 4) is 11.3 Å². The van der Waals surface area contributed by atoms with E-state index in [4.69, 9.17) is 16.0 Å². The largest absolute Gasteiger partial charge is 0.457 e. The number of hydrogen-bond donors (Lipinski definition) is 0. The van der Waals surface area contributed by atoms with Crippen molar-refractivity contribution in [2.75, 3.05) is 0 Å². The van der Waals surface area contributed by atoms with Gasteiger partial charge in [-0.1, -0.05) is 56.3 Å². The Morgan fingerprint density at radius 1 is 0.929 bits per heavy atom. The van der Waals surface area contributed by atoms with Gasteiger partial charge < -0.3 is 4.42 Å². The minimum Gasteiger partial charge on any atom is -0.457 e. The highest BCUT2D eigenvalue weighted by Crippen LogP contribution is 2.38. The standard InChI is InChI=1S/C25H18N2O/c1-15(2)16-7-9-19-17(13-16)11-12-27-24(19)22-6-4-5-21-20-10-8-18(26-3)14-23(20)28-25(21)22/h4-15H,1-2H3. The molecule has 2 heterocycles. The van der Waals surface area contributed by atoms with E-state index in [1.165, 1.54) is 10.9 Å². The first kappa shape index (κ1) is 16.5. The average molecular weight is 362 g/mol. The van der Waals surface area contributed by atoms with Crippen molar-refractivity contribution in [1.29, 1.82) is 0 Å². The maximum atomic E-state index is 7.24. The van der Waals surface area contributed by atoms with E-state index in [0.717, 1.165) is 38.6 Å². The number of aromatic nitrogens is 1. The van der Waals surface area contributed by atoms with E-state index in [0.29, 0.717) is 11.6 Å². The van der Waals surface area contributed by atoms with Crippen LogP contribution in [-0.4, -0.2) is 4.98 Å². The van der Waals surface area contributed by atoms with Gasteiger partial charge in [0.05, 0.1) is 12.3 Å². The van der Waals surface area contributed by atoms with Gasteiger partial charge in [-0.05, 0) is 35.1 Å². The van der Waals surface area contributed by atoms with Crippen molar-refractivity contribution in [1.82, 2.24) is 4.98 Å². The molecule has 0 spiro atoms. The number of pyridine rings is 1. The summed E-state index contributed by atoms with van der Waals surface area (Å²) < 4.78 is 6.21. The number of hydrogen-bond acceptors (Lipinski definition) is 2. The molecule has 0 N–H and O–H groups in total. The lowest BCUT2D eigenvalue weighted by Crippen LogP contribution is -1.90.